The maximum Gasteiger partial charge on any atom is 0.264 e. The van der Waals surface area contributed by atoms with Crippen molar-refractivity contribution in [2.45, 2.75) is 6.54 Å². The van der Waals surface area contributed by atoms with Crippen molar-refractivity contribution in [3.63, 3.8) is 0 Å². The van der Waals surface area contributed by atoms with Crippen LogP contribution in [0.15, 0.2) is 64.6 Å². The third-order valence-corrected chi connectivity index (χ3v) is 5.37. The molecular weight excluding hydrogens is 374 g/mol. The molecule has 1 saturated heterocycles. The Bertz CT molecular complexity index is 1160. The molecule has 1 fully saturated rings. The third kappa shape index (κ3) is 3.32. The highest BCUT2D eigenvalue weighted by atomic mass is 32.2. The van der Waals surface area contributed by atoms with E-state index in [9.17, 15) is 4.79 Å². The smallest absolute Gasteiger partial charge is 0.264 e. The number of hydrogen-bond acceptors (Lipinski definition) is 6. The minimum absolute atomic E-state index is 0.138. The summed E-state index contributed by atoms with van der Waals surface area (Å²) in [6, 6.07) is 15.6. The van der Waals surface area contributed by atoms with Crippen LogP contribution >= 0.6 is 11.8 Å². The highest BCUT2D eigenvalue weighted by Crippen LogP contribution is 2.33. The summed E-state index contributed by atoms with van der Waals surface area (Å²) >= 11 is 1.34. The molecule has 1 amide bonds. The fourth-order valence-corrected chi connectivity index (χ4v) is 3.86. The molecule has 7 heteroatoms. The van der Waals surface area contributed by atoms with E-state index in [1.807, 2.05) is 54.6 Å². The van der Waals surface area contributed by atoms with E-state index in [0.717, 1.165) is 33.5 Å². The maximum atomic E-state index is 12.3. The Balaban J connectivity index is 1.33. The van der Waals surface area contributed by atoms with Crippen LogP contribution < -0.4 is 14.8 Å². The fourth-order valence-electron chi connectivity index (χ4n) is 3.04. The van der Waals surface area contributed by atoms with Gasteiger partial charge in [0.15, 0.2) is 16.7 Å². The van der Waals surface area contributed by atoms with Crippen LogP contribution in [0.1, 0.15) is 11.1 Å². The van der Waals surface area contributed by atoms with Gasteiger partial charge in [-0.15, -0.1) is 0 Å². The average molecular weight is 389 g/mol. The summed E-state index contributed by atoms with van der Waals surface area (Å²) < 4.78 is 10.7. The summed E-state index contributed by atoms with van der Waals surface area (Å²) in [5, 5.41) is 4.45. The van der Waals surface area contributed by atoms with Crippen LogP contribution in [0.4, 0.5) is 0 Å². The molecule has 3 heterocycles. The number of benzene rings is 2. The van der Waals surface area contributed by atoms with E-state index >= 15 is 0 Å². The van der Waals surface area contributed by atoms with Crippen LogP contribution in [0.5, 0.6) is 11.5 Å². The molecule has 1 N–H and O–H groups in total. The Morgan fingerprint density at radius 2 is 2.07 bits per heavy atom. The van der Waals surface area contributed by atoms with E-state index in [4.69, 9.17) is 9.47 Å². The predicted octanol–water partition coefficient (Wildman–Crippen LogP) is 3.72. The Morgan fingerprint density at radius 1 is 1.14 bits per heavy atom. The molecular formula is C21H15N3O3S. The molecule has 2 aliphatic heterocycles. The highest BCUT2D eigenvalue weighted by Gasteiger charge is 2.23. The van der Waals surface area contributed by atoms with E-state index in [-0.39, 0.29) is 12.7 Å². The topological polar surface area (TPSA) is 72.8 Å². The fraction of sp³-hybridized carbons (Fsp3) is 0.0952. The zero-order chi connectivity index (χ0) is 18.9. The van der Waals surface area contributed by atoms with Gasteiger partial charge >= 0.3 is 0 Å². The van der Waals surface area contributed by atoms with Gasteiger partial charge in [-0.1, -0.05) is 18.2 Å². The minimum Gasteiger partial charge on any atom is -0.454 e. The van der Waals surface area contributed by atoms with Crippen LogP contribution in [0.2, 0.25) is 0 Å². The Kier molecular flexibility index (Phi) is 4.21. The monoisotopic (exact) mass is 389 g/mol. The molecule has 0 aliphatic carbocycles. The first kappa shape index (κ1) is 16.8. The molecule has 2 aliphatic rings. The van der Waals surface area contributed by atoms with Gasteiger partial charge in [0, 0.05) is 11.6 Å². The molecule has 3 aromatic rings. The lowest BCUT2D eigenvalue weighted by molar-refractivity contribution is -0.115. The average Bonchev–Trinajstić information content (AvgIpc) is 3.32. The van der Waals surface area contributed by atoms with Gasteiger partial charge < -0.3 is 14.8 Å². The van der Waals surface area contributed by atoms with E-state index in [0.29, 0.717) is 16.6 Å². The first-order valence-corrected chi connectivity index (χ1v) is 9.55. The number of ether oxygens (including phenoxy) is 2. The second-order valence-electron chi connectivity index (χ2n) is 6.33. The number of carbonyl (C=O) groups excluding carboxylic acids is 1. The Hall–Kier alpha value is -3.32. The number of amidine groups is 1. The first-order chi connectivity index (χ1) is 13.7. The zero-order valence-electron chi connectivity index (χ0n) is 14.7. The van der Waals surface area contributed by atoms with Crippen molar-refractivity contribution in [1.82, 2.24) is 10.3 Å². The van der Waals surface area contributed by atoms with Gasteiger partial charge in [-0.05, 0) is 59.3 Å². The minimum atomic E-state index is -0.138. The number of aliphatic imine (C=N–C) groups is 1. The molecule has 5 rings (SSSR count). The van der Waals surface area contributed by atoms with Gasteiger partial charge in [-0.2, -0.15) is 0 Å². The van der Waals surface area contributed by atoms with Gasteiger partial charge in [0.25, 0.3) is 5.91 Å². The number of aromatic nitrogens is 1. The van der Waals surface area contributed by atoms with Crippen LogP contribution in [0.25, 0.3) is 17.0 Å². The van der Waals surface area contributed by atoms with Gasteiger partial charge in [0.2, 0.25) is 6.79 Å². The van der Waals surface area contributed by atoms with Crippen LogP contribution in [-0.2, 0) is 11.3 Å². The lowest BCUT2D eigenvalue weighted by Crippen LogP contribution is -2.19. The Labute approximate surface area is 165 Å². The molecule has 2 aromatic carbocycles. The van der Waals surface area contributed by atoms with Crippen molar-refractivity contribution in [3.8, 4) is 11.5 Å². The lowest BCUT2D eigenvalue weighted by Gasteiger charge is -2.00. The molecule has 0 unspecified atom stereocenters. The third-order valence-electron chi connectivity index (χ3n) is 4.42. The molecule has 6 nitrogen and oxygen atoms in total. The van der Waals surface area contributed by atoms with E-state index in [1.54, 1.807) is 6.20 Å². The number of thioether (sulfide) groups is 1. The van der Waals surface area contributed by atoms with Crippen molar-refractivity contribution >= 4 is 39.8 Å². The largest absolute Gasteiger partial charge is 0.454 e. The summed E-state index contributed by atoms with van der Waals surface area (Å²) in [7, 11) is 0. The van der Waals surface area contributed by atoms with Crippen LogP contribution in [0, 0.1) is 0 Å². The highest BCUT2D eigenvalue weighted by molar-refractivity contribution is 8.18. The Morgan fingerprint density at radius 3 is 3.04 bits per heavy atom. The maximum absolute atomic E-state index is 12.3. The molecule has 138 valence electrons. The van der Waals surface area contributed by atoms with Gasteiger partial charge in [0.1, 0.15) is 0 Å². The molecule has 0 radical (unpaired) electrons. The number of nitrogens with one attached hydrogen (secondary N) is 1. The molecule has 1 aromatic heterocycles. The number of fused-ring (bicyclic) bond motifs is 2. The number of nitrogens with zero attached hydrogens (tertiary/aromatic N) is 2. The SMILES string of the molecule is O=C1NC(=NCc2ccc3c(c2)OCO3)SC1=Cc1ccc2ncccc2c1. The number of amides is 1. The second kappa shape index (κ2) is 7.01. The number of hydrogen-bond donors (Lipinski definition) is 1. The quantitative estimate of drug-likeness (QED) is 0.691. The molecule has 0 bridgehead atoms. The van der Waals surface area contributed by atoms with Gasteiger partial charge in [-0.3, -0.25) is 14.8 Å². The van der Waals surface area contributed by atoms with Crippen molar-refractivity contribution in [2.24, 2.45) is 4.99 Å². The molecule has 0 spiro atoms. The predicted molar refractivity (Wildman–Crippen MR) is 109 cm³/mol. The van der Waals surface area contributed by atoms with Crippen LogP contribution in [-0.4, -0.2) is 22.9 Å². The summed E-state index contributed by atoms with van der Waals surface area (Å²) in [6.07, 6.45) is 3.64. The van der Waals surface area contributed by atoms with Gasteiger partial charge in [0.05, 0.1) is 17.0 Å². The zero-order valence-corrected chi connectivity index (χ0v) is 15.5. The summed E-state index contributed by atoms with van der Waals surface area (Å²) in [5.74, 6) is 1.34. The summed E-state index contributed by atoms with van der Waals surface area (Å²) in [6.45, 7) is 0.701. The molecule has 0 atom stereocenters. The summed E-state index contributed by atoms with van der Waals surface area (Å²) in [5.41, 5.74) is 2.88. The molecule has 0 saturated carbocycles. The normalized spacial score (nSPS) is 18.2. The first-order valence-electron chi connectivity index (χ1n) is 8.73. The van der Waals surface area contributed by atoms with Crippen molar-refractivity contribution < 1.29 is 14.3 Å². The van der Waals surface area contributed by atoms with Crippen molar-refractivity contribution in [3.05, 3.63) is 70.8 Å². The number of pyridine rings is 1. The second-order valence-corrected chi connectivity index (χ2v) is 7.36. The molecule has 28 heavy (non-hydrogen) atoms. The van der Waals surface area contributed by atoms with E-state index in [1.165, 1.54) is 11.8 Å². The van der Waals surface area contributed by atoms with Crippen LogP contribution in [0.3, 0.4) is 0 Å². The van der Waals surface area contributed by atoms with Crippen molar-refractivity contribution in [2.75, 3.05) is 6.79 Å². The number of rotatable bonds is 3. The number of carbonyl (C=O) groups is 1. The van der Waals surface area contributed by atoms with E-state index in [2.05, 4.69) is 15.3 Å². The van der Waals surface area contributed by atoms with E-state index < -0.39 is 0 Å². The van der Waals surface area contributed by atoms with Crippen molar-refractivity contribution in [1.29, 1.82) is 0 Å². The standard InChI is InChI=1S/C21H15N3O3S/c25-20-19(10-13-3-5-16-15(8-13)2-1-7-22-16)28-21(24-20)23-11-14-4-6-17-18(9-14)27-12-26-17/h1-10H,11-12H2,(H,23,24,25). The lowest BCUT2D eigenvalue weighted by atomic mass is 10.1. The summed E-state index contributed by atoms with van der Waals surface area (Å²) in [4.78, 5) is 21.7. The van der Waals surface area contributed by atoms with Gasteiger partial charge in [-0.25, -0.2) is 0 Å².